The van der Waals surface area contributed by atoms with Crippen LogP contribution in [0.3, 0.4) is 0 Å². The molecule has 0 aliphatic carbocycles. The van der Waals surface area contributed by atoms with E-state index in [2.05, 4.69) is 20.4 Å². The van der Waals surface area contributed by atoms with Crippen molar-refractivity contribution in [2.75, 3.05) is 12.3 Å². The SMILES string of the molecule is Cc1nc(CCNC(=O)c2nc(N)ccc2Cl)no1. The van der Waals surface area contributed by atoms with E-state index in [-0.39, 0.29) is 16.5 Å². The Labute approximate surface area is 114 Å². The molecule has 0 atom stereocenters. The number of carbonyl (C=O) groups is 1. The monoisotopic (exact) mass is 281 g/mol. The van der Waals surface area contributed by atoms with Crippen molar-refractivity contribution in [3.63, 3.8) is 0 Å². The predicted octanol–water partition coefficient (Wildman–Crippen LogP) is 0.981. The van der Waals surface area contributed by atoms with E-state index in [0.29, 0.717) is 24.7 Å². The molecule has 1 amide bonds. The first-order valence-corrected chi connectivity index (χ1v) is 5.93. The van der Waals surface area contributed by atoms with Gasteiger partial charge in [0.15, 0.2) is 5.82 Å². The highest BCUT2D eigenvalue weighted by Crippen LogP contribution is 2.14. The van der Waals surface area contributed by atoms with Crippen LogP contribution in [0, 0.1) is 6.92 Å². The molecule has 7 nitrogen and oxygen atoms in total. The zero-order valence-corrected chi connectivity index (χ0v) is 10.9. The summed E-state index contributed by atoms with van der Waals surface area (Å²) < 4.78 is 4.82. The Hall–Kier alpha value is -2.15. The second kappa shape index (κ2) is 5.66. The van der Waals surface area contributed by atoms with Gasteiger partial charge in [-0.25, -0.2) is 4.98 Å². The lowest BCUT2D eigenvalue weighted by atomic mass is 10.3. The number of nitrogens with one attached hydrogen (secondary N) is 1. The van der Waals surface area contributed by atoms with Crippen molar-refractivity contribution in [3.8, 4) is 0 Å². The minimum Gasteiger partial charge on any atom is -0.384 e. The lowest BCUT2D eigenvalue weighted by Crippen LogP contribution is -2.27. The van der Waals surface area contributed by atoms with Crippen LogP contribution in [0.5, 0.6) is 0 Å². The summed E-state index contributed by atoms with van der Waals surface area (Å²) in [6.45, 7) is 2.05. The molecule has 2 aromatic rings. The molecular weight excluding hydrogens is 270 g/mol. The maximum Gasteiger partial charge on any atom is 0.271 e. The number of pyridine rings is 1. The highest BCUT2D eigenvalue weighted by atomic mass is 35.5. The molecule has 0 saturated carbocycles. The van der Waals surface area contributed by atoms with E-state index < -0.39 is 5.91 Å². The molecule has 0 unspecified atom stereocenters. The zero-order chi connectivity index (χ0) is 13.8. The molecule has 0 radical (unpaired) electrons. The molecule has 0 spiro atoms. The number of rotatable bonds is 4. The van der Waals surface area contributed by atoms with E-state index in [1.54, 1.807) is 6.92 Å². The second-order valence-corrected chi connectivity index (χ2v) is 4.21. The van der Waals surface area contributed by atoms with Crippen LogP contribution in [0.2, 0.25) is 5.02 Å². The van der Waals surface area contributed by atoms with Gasteiger partial charge >= 0.3 is 0 Å². The van der Waals surface area contributed by atoms with E-state index in [4.69, 9.17) is 21.9 Å². The van der Waals surface area contributed by atoms with Crippen LogP contribution >= 0.6 is 11.6 Å². The average molecular weight is 282 g/mol. The Kier molecular flexibility index (Phi) is 3.96. The molecule has 8 heteroatoms. The van der Waals surface area contributed by atoms with Crippen LogP contribution in [0.25, 0.3) is 0 Å². The predicted molar refractivity (Wildman–Crippen MR) is 68.7 cm³/mol. The van der Waals surface area contributed by atoms with Gasteiger partial charge in [0.25, 0.3) is 5.91 Å². The number of aryl methyl sites for hydroxylation is 1. The Balaban J connectivity index is 1.92. The van der Waals surface area contributed by atoms with Crippen LogP contribution in [0.15, 0.2) is 16.7 Å². The first-order chi connectivity index (χ1) is 9.06. The number of halogens is 1. The van der Waals surface area contributed by atoms with Crippen molar-refractivity contribution < 1.29 is 9.32 Å². The Bertz CT molecular complexity index is 599. The van der Waals surface area contributed by atoms with Gasteiger partial charge in [-0.1, -0.05) is 16.8 Å². The van der Waals surface area contributed by atoms with Crippen molar-refractivity contribution in [1.82, 2.24) is 20.4 Å². The lowest BCUT2D eigenvalue weighted by Gasteiger charge is -2.05. The van der Waals surface area contributed by atoms with Crippen LogP contribution in [-0.2, 0) is 6.42 Å². The maximum atomic E-state index is 11.8. The molecule has 0 aromatic carbocycles. The number of aromatic nitrogens is 3. The van der Waals surface area contributed by atoms with Gasteiger partial charge in [-0.15, -0.1) is 0 Å². The van der Waals surface area contributed by atoms with E-state index in [1.807, 2.05) is 0 Å². The van der Waals surface area contributed by atoms with Gasteiger partial charge in [-0.05, 0) is 12.1 Å². The first-order valence-electron chi connectivity index (χ1n) is 5.55. The fourth-order valence-electron chi connectivity index (χ4n) is 1.43. The number of nitrogens with zero attached hydrogens (tertiary/aromatic N) is 3. The summed E-state index contributed by atoms with van der Waals surface area (Å²) in [5.41, 5.74) is 5.61. The number of anilines is 1. The molecule has 100 valence electrons. The molecule has 0 aliphatic rings. The summed E-state index contributed by atoms with van der Waals surface area (Å²) in [6, 6.07) is 3.06. The van der Waals surface area contributed by atoms with Crippen LogP contribution < -0.4 is 11.1 Å². The summed E-state index contributed by atoms with van der Waals surface area (Å²) in [5.74, 6) is 0.868. The quantitative estimate of drug-likeness (QED) is 0.865. The molecule has 2 aromatic heterocycles. The van der Waals surface area contributed by atoms with Gasteiger partial charge in [-0.2, -0.15) is 4.98 Å². The molecule has 0 aliphatic heterocycles. The topological polar surface area (TPSA) is 107 Å². The highest BCUT2D eigenvalue weighted by Gasteiger charge is 2.12. The van der Waals surface area contributed by atoms with Crippen LogP contribution in [0.4, 0.5) is 5.82 Å². The Morgan fingerprint density at radius 2 is 2.26 bits per heavy atom. The molecule has 19 heavy (non-hydrogen) atoms. The molecule has 0 saturated heterocycles. The number of hydrogen-bond acceptors (Lipinski definition) is 6. The third-order valence-electron chi connectivity index (χ3n) is 2.29. The standard InChI is InChI=1S/C11H12ClN5O2/c1-6-15-9(17-19-6)4-5-14-11(18)10-7(12)2-3-8(13)16-10/h2-3H,4-5H2,1H3,(H2,13,16)(H,14,18). The van der Waals surface area contributed by atoms with E-state index in [1.165, 1.54) is 12.1 Å². The van der Waals surface area contributed by atoms with Crippen molar-refractivity contribution in [3.05, 3.63) is 34.6 Å². The minimum absolute atomic E-state index is 0.103. The van der Waals surface area contributed by atoms with Gasteiger partial charge in [0, 0.05) is 19.9 Å². The summed E-state index contributed by atoms with van der Waals surface area (Å²) in [7, 11) is 0. The molecular formula is C11H12ClN5O2. The van der Waals surface area contributed by atoms with E-state index in [0.717, 1.165) is 0 Å². The number of hydrogen-bond donors (Lipinski definition) is 2. The fraction of sp³-hybridized carbons (Fsp3) is 0.273. The van der Waals surface area contributed by atoms with Gasteiger partial charge in [0.05, 0.1) is 5.02 Å². The average Bonchev–Trinajstić information content (AvgIpc) is 2.78. The summed E-state index contributed by atoms with van der Waals surface area (Å²) >= 11 is 5.87. The highest BCUT2D eigenvalue weighted by molar-refractivity contribution is 6.33. The van der Waals surface area contributed by atoms with Crippen molar-refractivity contribution in [2.45, 2.75) is 13.3 Å². The fourth-order valence-corrected chi connectivity index (χ4v) is 1.62. The van der Waals surface area contributed by atoms with E-state index in [9.17, 15) is 4.79 Å². The third-order valence-corrected chi connectivity index (χ3v) is 2.59. The largest absolute Gasteiger partial charge is 0.384 e. The number of nitrogens with two attached hydrogens (primary N) is 1. The summed E-state index contributed by atoms with van der Waals surface area (Å²) in [4.78, 5) is 19.7. The normalized spacial score (nSPS) is 10.4. The number of carbonyl (C=O) groups excluding carboxylic acids is 1. The van der Waals surface area contributed by atoms with Gasteiger partial charge in [0.1, 0.15) is 11.5 Å². The second-order valence-electron chi connectivity index (χ2n) is 3.80. The number of amides is 1. The Morgan fingerprint density at radius 1 is 1.47 bits per heavy atom. The van der Waals surface area contributed by atoms with Crippen LogP contribution in [-0.4, -0.2) is 27.6 Å². The Morgan fingerprint density at radius 3 is 2.95 bits per heavy atom. The van der Waals surface area contributed by atoms with Crippen LogP contribution in [0.1, 0.15) is 22.2 Å². The molecule has 2 heterocycles. The molecule has 0 fully saturated rings. The van der Waals surface area contributed by atoms with E-state index >= 15 is 0 Å². The minimum atomic E-state index is -0.391. The van der Waals surface area contributed by atoms with Crippen molar-refractivity contribution in [1.29, 1.82) is 0 Å². The number of nitrogen functional groups attached to an aromatic ring is 1. The molecule has 0 bridgehead atoms. The lowest BCUT2D eigenvalue weighted by molar-refractivity contribution is 0.0949. The van der Waals surface area contributed by atoms with Crippen molar-refractivity contribution in [2.24, 2.45) is 0 Å². The van der Waals surface area contributed by atoms with Gasteiger partial charge < -0.3 is 15.6 Å². The third kappa shape index (κ3) is 3.41. The maximum absolute atomic E-state index is 11.8. The molecule has 2 rings (SSSR count). The van der Waals surface area contributed by atoms with Gasteiger partial charge in [0.2, 0.25) is 5.89 Å². The van der Waals surface area contributed by atoms with Gasteiger partial charge in [-0.3, -0.25) is 4.79 Å². The summed E-state index contributed by atoms with van der Waals surface area (Å²) in [6.07, 6.45) is 0.461. The smallest absolute Gasteiger partial charge is 0.271 e. The molecule has 3 N–H and O–H groups in total. The first kappa shape index (κ1) is 13.3. The summed E-state index contributed by atoms with van der Waals surface area (Å²) in [5, 5.41) is 6.63. The zero-order valence-electron chi connectivity index (χ0n) is 10.2. The van der Waals surface area contributed by atoms with Crippen molar-refractivity contribution >= 4 is 23.3 Å².